The van der Waals surface area contributed by atoms with Crippen molar-refractivity contribution in [1.29, 1.82) is 0 Å². The van der Waals surface area contributed by atoms with Crippen LogP contribution in [0, 0.1) is 0 Å². The molecule has 4 atom stereocenters. The first-order valence-electron chi connectivity index (χ1n) is 4.17. The van der Waals surface area contributed by atoms with Gasteiger partial charge in [0.2, 0.25) is 0 Å². The zero-order valence-electron chi connectivity index (χ0n) is 8.04. The van der Waals surface area contributed by atoms with Gasteiger partial charge in [-0.05, 0) is 0 Å². The Kier molecular flexibility index (Phi) is 6.42. The van der Waals surface area contributed by atoms with Gasteiger partial charge in [-0.15, -0.1) is 11.6 Å². The van der Waals surface area contributed by atoms with Gasteiger partial charge in [-0.3, -0.25) is 4.79 Å². The van der Waals surface area contributed by atoms with Gasteiger partial charge in [0.05, 0.1) is 5.38 Å². The van der Waals surface area contributed by atoms with Crippen molar-refractivity contribution in [2.75, 3.05) is 6.61 Å². The van der Waals surface area contributed by atoms with Crippen molar-refractivity contribution in [2.45, 2.75) is 30.6 Å². The maximum atomic E-state index is 10.4. The number of hydrogen-bond donors (Lipinski definition) is 3. The molecular formula is C8H13ClO6. The molecule has 0 saturated carbocycles. The second kappa shape index (κ2) is 6.73. The third-order valence-corrected chi connectivity index (χ3v) is 2.19. The van der Waals surface area contributed by atoms with E-state index < -0.39 is 36.3 Å². The van der Waals surface area contributed by atoms with Gasteiger partial charge in [0.1, 0.15) is 24.9 Å². The molecule has 0 aromatic rings. The third kappa shape index (κ3) is 5.08. The highest BCUT2D eigenvalue weighted by Gasteiger charge is 2.30. The summed E-state index contributed by atoms with van der Waals surface area (Å²) < 4.78 is 4.43. The number of carbonyl (C=O) groups is 2. The quantitative estimate of drug-likeness (QED) is 0.295. The van der Waals surface area contributed by atoms with Crippen molar-refractivity contribution in [2.24, 2.45) is 0 Å². The number of aliphatic hydroxyl groups excluding tert-OH is 3. The maximum Gasteiger partial charge on any atom is 0.302 e. The fourth-order valence-corrected chi connectivity index (χ4v) is 1.01. The predicted octanol–water partition coefficient (Wildman–Crippen LogP) is -1.56. The van der Waals surface area contributed by atoms with Crippen LogP contribution in [0.2, 0.25) is 0 Å². The van der Waals surface area contributed by atoms with E-state index in [0.717, 1.165) is 6.92 Å². The number of aldehydes is 1. The average Bonchev–Trinajstić information content (AvgIpc) is 2.22. The Hall–Kier alpha value is -0.690. The lowest BCUT2D eigenvalue weighted by Crippen LogP contribution is -2.43. The first-order valence-corrected chi connectivity index (χ1v) is 4.60. The van der Waals surface area contributed by atoms with E-state index >= 15 is 0 Å². The zero-order valence-corrected chi connectivity index (χ0v) is 8.79. The SMILES string of the molecule is CC(=O)OC[C@@H](O)[C@H](Cl)[C@H](O)[C@@H](O)C=O. The van der Waals surface area contributed by atoms with Crippen molar-refractivity contribution in [3.63, 3.8) is 0 Å². The lowest BCUT2D eigenvalue weighted by Gasteiger charge is -2.22. The fourth-order valence-electron chi connectivity index (χ4n) is 0.791. The number of esters is 1. The predicted molar refractivity (Wildman–Crippen MR) is 50.4 cm³/mol. The molecule has 0 aromatic carbocycles. The molecule has 0 aliphatic carbocycles. The zero-order chi connectivity index (χ0) is 12.0. The van der Waals surface area contributed by atoms with Gasteiger partial charge in [-0.1, -0.05) is 0 Å². The Morgan fingerprint density at radius 1 is 1.47 bits per heavy atom. The van der Waals surface area contributed by atoms with Gasteiger partial charge in [0, 0.05) is 6.92 Å². The summed E-state index contributed by atoms with van der Waals surface area (Å²) in [6.45, 7) is 0.735. The Morgan fingerprint density at radius 3 is 2.40 bits per heavy atom. The Morgan fingerprint density at radius 2 is 2.00 bits per heavy atom. The van der Waals surface area contributed by atoms with Crippen LogP contribution in [0.3, 0.4) is 0 Å². The van der Waals surface area contributed by atoms with Crippen LogP contribution in [-0.4, -0.2) is 57.9 Å². The van der Waals surface area contributed by atoms with Crippen LogP contribution in [0.5, 0.6) is 0 Å². The molecule has 7 heteroatoms. The number of rotatable bonds is 6. The van der Waals surface area contributed by atoms with Gasteiger partial charge in [-0.2, -0.15) is 0 Å². The van der Waals surface area contributed by atoms with E-state index in [9.17, 15) is 19.8 Å². The minimum Gasteiger partial charge on any atom is -0.463 e. The number of halogens is 1. The summed E-state index contributed by atoms with van der Waals surface area (Å²) in [5, 5.41) is 26.1. The molecule has 0 spiro atoms. The van der Waals surface area contributed by atoms with Gasteiger partial charge >= 0.3 is 5.97 Å². The molecular weight excluding hydrogens is 228 g/mol. The van der Waals surface area contributed by atoms with Crippen LogP contribution in [0.1, 0.15) is 6.92 Å². The van der Waals surface area contributed by atoms with E-state index in [4.69, 9.17) is 16.7 Å². The highest BCUT2D eigenvalue weighted by atomic mass is 35.5. The summed E-state index contributed by atoms with van der Waals surface area (Å²) in [5.74, 6) is -0.608. The smallest absolute Gasteiger partial charge is 0.302 e. The molecule has 0 amide bonds. The molecule has 6 nitrogen and oxygen atoms in total. The number of carbonyl (C=O) groups excluding carboxylic acids is 2. The molecule has 15 heavy (non-hydrogen) atoms. The van der Waals surface area contributed by atoms with E-state index in [1.54, 1.807) is 0 Å². The number of hydrogen-bond acceptors (Lipinski definition) is 6. The molecule has 3 N–H and O–H groups in total. The minimum absolute atomic E-state index is 0.0958. The van der Waals surface area contributed by atoms with E-state index in [1.165, 1.54) is 0 Å². The third-order valence-electron chi connectivity index (χ3n) is 1.64. The number of ether oxygens (including phenoxy) is 1. The van der Waals surface area contributed by atoms with E-state index in [0.29, 0.717) is 0 Å². The lowest BCUT2D eigenvalue weighted by molar-refractivity contribution is -0.145. The molecule has 0 unspecified atom stereocenters. The van der Waals surface area contributed by atoms with Gasteiger partial charge in [0.15, 0.2) is 6.29 Å². The lowest BCUT2D eigenvalue weighted by atomic mass is 10.1. The molecule has 0 rings (SSSR count). The minimum atomic E-state index is -1.68. The second-order valence-corrected chi connectivity index (χ2v) is 3.44. The number of aliphatic hydroxyl groups is 3. The van der Waals surface area contributed by atoms with Crippen LogP contribution in [0.4, 0.5) is 0 Å². The molecule has 0 aromatic heterocycles. The molecule has 0 saturated heterocycles. The summed E-state index contributed by atoms with van der Waals surface area (Å²) in [6.07, 6.45) is -4.56. The Labute approximate surface area is 91.4 Å². The van der Waals surface area contributed by atoms with Crippen LogP contribution < -0.4 is 0 Å². The summed E-state index contributed by atoms with van der Waals surface area (Å²) in [6, 6.07) is 0. The largest absolute Gasteiger partial charge is 0.463 e. The molecule has 0 aliphatic heterocycles. The molecule has 0 radical (unpaired) electrons. The van der Waals surface area contributed by atoms with Crippen molar-refractivity contribution < 1.29 is 29.6 Å². The summed E-state index contributed by atoms with van der Waals surface area (Å²) in [7, 11) is 0. The van der Waals surface area contributed by atoms with Crippen LogP contribution in [0.15, 0.2) is 0 Å². The fraction of sp³-hybridized carbons (Fsp3) is 0.750. The molecule has 0 aliphatic rings. The van der Waals surface area contributed by atoms with Crippen LogP contribution in [-0.2, 0) is 14.3 Å². The van der Waals surface area contributed by atoms with E-state index in [1.807, 2.05) is 0 Å². The van der Waals surface area contributed by atoms with Gasteiger partial charge in [-0.25, -0.2) is 0 Å². The van der Waals surface area contributed by atoms with E-state index in [-0.39, 0.29) is 6.29 Å². The van der Waals surface area contributed by atoms with Crippen molar-refractivity contribution in [1.82, 2.24) is 0 Å². The molecule has 0 heterocycles. The van der Waals surface area contributed by atoms with Crippen LogP contribution in [0.25, 0.3) is 0 Å². The first kappa shape index (κ1) is 14.3. The number of alkyl halides is 1. The molecule has 88 valence electrons. The average molecular weight is 241 g/mol. The van der Waals surface area contributed by atoms with Crippen LogP contribution >= 0.6 is 11.6 Å². The summed E-state index contributed by atoms with van der Waals surface area (Å²) in [5.41, 5.74) is 0. The molecule has 0 fully saturated rings. The van der Waals surface area contributed by atoms with Crippen molar-refractivity contribution >= 4 is 23.9 Å². The maximum absolute atomic E-state index is 10.4. The van der Waals surface area contributed by atoms with Crippen molar-refractivity contribution in [3.8, 4) is 0 Å². The highest BCUT2D eigenvalue weighted by molar-refractivity contribution is 6.21. The normalized spacial score (nSPS) is 18.7. The van der Waals surface area contributed by atoms with Crippen molar-refractivity contribution in [3.05, 3.63) is 0 Å². The first-order chi connectivity index (χ1) is 6.90. The summed E-state index contributed by atoms with van der Waals surface area (Å²) in [4.78, 5) is 20.5. The van der Waals surface area contributed by atoms with Gasteiger partial charge in [0.25, 0.3) is 0 Å². The standard InChI is InChI=1S/C8H13ClO6/c1-4(11)15-3-6(13)7(9)8(14)5(12)2-10/h2,5-8,12-14H,3H2,1H3/t5-,6+,7-,8+/m0/s1. The molecule has 0 bridgehead atoms. The second-order valence-electron chi connectivity index (χ2n) is 2.93. The monoisotopic (exact) mass is 240 g/mol. The Bertz CT molecular complexity index is 221. The summed E-state index contributed by atoms with van der Waals surface area (Å²) >= 11 is 5.53. The highest BCUT2D eigenvalue weighted by Crippen LogP contribution is 2.11. The van der Waals surface area contributed by atoms with Gasteiger partial charge < -0.3 is 24.9 Å². The Balaban J connectivity index is 4.11. The topological polar surface area (TPSA) is 104 Å². The van der Waals surface area contributed by atoms with E-state index in [2.05, 4.69) is 4.74 Å².